The lowest BCUT2D eigenvalue weighted by Gasteiger charge is -2.13. The number of carboxylic acid groups (broad SMARTS) is 1. The maximum atomic E-state index is 11.0. The lowest BCUT2D eigenvalue weighted by Crippen LogP contribution is -2.23. The van der Waals surface area contributed by atoms with Crippen molar-refractivity contribution in [3.8, 4) is 11.5 Å². The van der Waals surface area contributed by atoms with Gasteiger partial charge in [0.05, 0.1) is 11.7 Å². The summed E-state index contributed by atoms with van der Waals surface area (Å²) in [5, 5.41) is 23.1. The smallest absolute Gasteiger partial charge is 0.335 e. The zero-order chi connectivity index (χ0) is 20.6. The number of nitrogens with one attached hydrogen (secondary N) is 1. The van der Waals surface area contributed by atoms with E-state index >= 15 is 0 Å². The van der Waals surface area contributed by atoms with E-state index in [1.54, 1.807) is 24.3 Å². The summed E-state index contributed by atoms with van der Waals surface area (Å²) in [5.74, 6) is 0.133. The first-order valence-corrected chi connectivity index (χ1v) is 9.63. The van der Waals surface area contributed by atoms with Gasteiger partial charge in [-0.05, 0) is 66.6 Å². The quantitative estimate of drug-likeness (QED) is 0.445. The lowest BCUT2D eigenvalue weighted by atomic mass is 10.1. The molecule has 0 radical (unpaired) electrons. The third-order valence-corrected chi connectivity index (χ3v) is 4.64. The SMILES string of the molecule is O=C(O)c1cccc(Oc2ccc(CCNC[C@H](O)c3cccc(Cl)c3)cc2)c1. The molecule has 0 unspecified atom stereocenters. The maximum Gasteiger partial charge on any atom is 0.335 e. The highest BCUT2D eigenvalue weighted by Crippen LogP contribution is 2.23. The molecule has 29 heavy (non-hydrogen) atoms. The van der Waals surface area contributed by atoms with Crippen LogP contribution in [0.15, 0.2) is 72.8 Å². The van der Waals surface area contributed by atoms with Crippen molar-refractivity contribution in [2.24, 2.45) is 0 Å². The molecular formula is C23H22ClNO4. The van der Waals surface area contributed by atoms with Crippen LogP contribution in [0, 0.1) is 0 Å². The van der Waals surface area contributed by atoms with Crippen molar-refractivity contribution in [3.05, 3.63) is 94.5 Å². The van der Waals surface area contributed by atoms with Gasteiger partial charge >= 0.3 is 5.97 Å². The molecule has 0 aromatic heterocycles. The molecule has 0 bridgehead atoms. The van der Waals surface area contributed by atoms with Gasteiger partial charge in [-0.2, -0.15) is 0 Å². The van der Waals surface area contributed by atoms with E-state index in [4.69, 9.17) is 21.4 Å². The largest absolute Gasteiger partial charge is 0.478 e. The Bertz CT molecular complexity index is 959. The molecule has 0 fully saturated rings. The molecule has 0 heterocycles. The van der Waals surface area contributed by atoms with Crippen LogP contribution in [0.1, 0.15) is 27.6 Å². The molecule has 3 N–H and O–H groups in total. The van der Waals surface area contributed by atoms with Crippen LogP contribution in [0.5, 0.6) is 11.5 Å². The van der Waals surface area contributed by atoms with Crippen molar-refractivity contribution in [3.63, 3.8) is 0 Å². The minimum Gasteiger partial charge on any atom is -0.478 e. The van der Waals surface area contributed by atoms with Gasteiger partial charge in [0.25, 0.3) is 0 Å². The fourth-order valence-corrected chi connectivity index (χ4v) is 3.05. The summed E-state index contributed by atoms with van der Waals surface area (Å²) in [6.45, 7) is 1.17. The molecule has 0 spiro atoms. The number of halogens is 1. The first kappa shape index (κ1) is 20.9. The molecule has 0 saturated carbocycles. The Morgan fingerprint density at radius 2 is 1.76 bits per heavy atom. The Labute approximate surface area is 174 Å². The number of rotatable bonds is 9. The lowest BCUT2D eigenvalue weighted by molar-refractivity contribution is 0.0696. The Kier molecular flexibility index (Phi) is 7.25. The summed E-state index contributed by atoms with van der Waals surface area (Å²) >= 11 is 5.95. The van der Waals surface area contributed by atoms with Gasteiger partial charge in [-0.25, -0.2) is 4.79 Å². The van der Waals surface area contributed by atoms with Crippen molar-refractivity contribution in [2.45, 2.75) is 12.5 Å². The van der Waals surface area contributed by atoms with Gasteiger partial charge in [0.1, 0.15) is 11.5 Å². The molecule has 1 atom stereocenters. The molecule has 0 amide bonds. The molecule has 3 aromatic rings. The van der Waals surface area contributed by atoms with E-state index in [1.807, 2.05) is 36.4 Å². The minimum atomic E-state index is -0.987. The number of carboxylic acids is 1. The van der Waals surface area contributed by atoms with Gasteiger partial charge < -0.3 is 20.3 Å². The highest BCUT2D eigenvalue weighted by molar-refractivity contribution is 6.30. The highest BCUT2D eigenvalue weighted by Gasteiger charge is 2.07. The number of hydrogen-bond donors (Lipinski definition) is 3. The number of ether oxygens (including phenoxy) is 1. The van der Waals surface area contributed by atoms with Crippen LogP contribution in [0.3, 0.4) is 0 Å². The number of aliphatic hydroxyl groups is 1. The van der Waals surface area contributed by atoms with Crippen molar-refractivity contribution in [1.29, 1.82) is 0 Å². The van der Waals surface area contributed by atoms with Crippen LogP contribution < -0.4 is 10.1 Å². The normalized spacial score (nSPS) is 11.8. The molecular weight excluding hydrogens is 390 g/mol. The van der Waals surface area contributed by atoms with Gasteiger partial charge in [-0.3, -0.25) is 0 Å². The molecule has 3 rings (SSSR count). The molecule has 0 saturated heterocycles. The molecule has 5 nitrogen and oxygen atoms in total. The minimum absolute atomic E-state index is 0.185. The van der Waals surface area contributed by atoms with Crippen LogP contribution in [-0.2, 0) is 6.42 Å². The van der Waals surface area contributed by atoms with E-state index in [-0.39, 0.29) is 5.56 Å². The monoisotopic (exact) mass is 411 g/mol. The van der Waals surface area contributed by atoms with E-state index in [2.05, 4.69) is 5.32 Å². The Morgan fingerprint density at radius 3 is 2.48 bits per heavy atom. The third kappa shape index (κ3) is 6.32. The molecule has 6 heteroatoms. The standard InChI is InChI=1S/C23H22ClNO4/c24-19-5-1-3-17(13-19)22(26)15-25-12-11-16-7-9-20(10-8-16)29-21-6-2-4-18(14-21)23(27)28/h1-10,13-14,22,25-26H,11-12,15H2,(H,27,28)/t22-/m0/s1. The van der Waals surface area contributed by atoms with Crippen molar-refractivity contribution in [2.75, 3.05) is 13.1 Å². The summed E-state index contributed by atoms with van der Waals surface area (Å²) in [5.41, 5.74) is 2.10. The van der Waals surface area contributed by atoms with E-state index in [1.165, 1.54) is 12.1 Å². The first-order chi connectivity index (χ1) is 14.0. The number of benzene rings is 3. The predicted octanol–water partition coefficient (Wildman–Crippen LogP) is 4.70. The van der Waals surface area contributed by atoms with Gasteiger partial charge in [0.2, 0.25) is 0 Å². The van der Waals surface area contributed by atoms with E-state index in [0.29, 0.717) is 23.1 Å². The zero-order valence-electron chi connectivity index (χ0n) is 15.7. The number of hydrogen-bond acceptors (Lipinski definition) is 4. The maximum absolute atomic E-state index is 11.0. The summed E-state index contributed by atoms with van der Waals surface area (Å²) in [7, 11) is 0. The van der Waals surface area contributed by atoms with E-state index in [9.17, 15) is 9.90 Å². The fraction of sp³-hybridized carbons (Fsp3) is 0.174. The first-order valence-electron chi connectivity index (χ1n) is 9.25. The molecule has 0 aliphatic rings. The number of aliphatic hydroxyl groups excluding tert-OH is 1. The molecule has 0 aliphatic carbocycles. The summed E-state index contributed by atoms with van der Waals surface area (Å²) in [6.07, 6.45) is 0.197. The third-order valence-electron chi connectivity index (χ3n) is 4.40. The zero-order valence-corrected chi connectivity index (χ0v) is 16.5. The summed E-state index contributed by atoms with van der Waals surface area (Å²) in [6, 6.07) is 21.2. The van der Waals surface area contributed by atoms with E-state index in [0.717, 1.165) is 24.1 Å². The second-order valence-corrected chi connectivity index (χ2v) is 7.04. The second-order valence-electron chi connectivity index (χ2n) is 6.60. The average Bonchev–Trinajstić information content (AvgIpc) is 2.72. The van der Waals surface area contributed by atoms with E-state index < -0.39 is 12.1 Å². The van der Waals surface area contributed by atoms with Crippen molar-refractivity contribution < 1.29 is 19.7 Å². The Morgan fingerprint density at radius 1 is 1.00 bits per heavy atom. The Hall–Kier alpha value is -2.86. The van der Waals surface area contributed by atoms with Gasteiger partial charge in [0.15, 0.2) is 0 Å². The average molecular weight is 412 g/mol. The number of carbonyl (C=O) groups is 1. The number of aromatic carboxylic acids is 1. The van der Waals surface area contributed by atoms with Gasteiger partial charge in [-0.15, -0.1) is 0 Å². The predicted molar refractivity (Wildman–Crippen MR) is 113 cm³/mol. The van der Waals surface area contributed by atoms with Crippen molar-refractivity contribution in [1.82, 2.24) is 5.32 Å². The van der Waals surface area contributed by atoms with Gasteiger partial charge in [0, 0.05) is 11.6 Å². The fourth-order valence-electron chi connectivity index (χ4n) is 2.86. The van der Waals surface area contributed by atoms with Crippen LogP contribution in [-0.4, -0.2) is 29.3 Å². The van der Waals surface area contributed by atoms with Crippen LogP contribution in [0.4, 0.5) is 0 Å². The second kappa shape index (κ2) is 10.1. The molecule has 3 aromatic carbocycles. The molecule has 0 aliphatic heterocycles. The topological polar surface area (TPSA) is 78.8 Å². The highest BCUT2D eigenvalue weighted by atomic mass is 35.5. The summed E-state index contributed by atoms with van der Waals surface area (Å²) < 4.78 is 5.72. The summed E-state index contributed by atoms with van der Waals surface area (Å²) in [4.78, 5) is 11.0. The molecule has 150 valence electrons. The van der Waals surface area contributed by atoms with Gasteiger partial charge in [-0.1, -0.05) is 41.9 Å². The van der Waals surface area contributed by atoms with Crippen LogP contribution >= 0.6 is 11.6 Å². The van der Waals surface area contributed by atoms with Crippen LogP contribution in [0.25, 0.3) is 0 Å². The Balaban J connectivity index is 1.46. The van der Waals surface area contributed by atoms with Crippen molar-refractivity contribution >= 4 is 17.6 Å². The van der Waals surface area contributed by atoms with Crippen LogP contribution in [0.2, 0.25) is 5.02 Å².